The number of benzene rings is 2. The van der Waals surface area contributed by atoms with Gasteiger partial charge in [0.05, 0.1) is 24.4 Å². The molecule has 1 saturated heterocycles. The maximum Gasteiger partial charge on any atom is 0.226 e. The monoisotopic (exact) mass is 325 g/mol. The molecular weight excluding hydrogens is 310 g/mol. The number of rotatable bonds is 2. The standard InChI is InChI=1S/C18H16ClN3O/c19-14-6-7-16-15(12-14)17(13-4-2-1-3-5-13)21-18(20-16)22-8-10-23-11-9-22/h1-7,12H,8-11H2. The molecule has 0 saturated carbocycles. The van der Waals surface area contributed by atoms with Crippen molar-refractivity contribution >= 4 is 28.5 Å². The molecule has 5 heteroatoms. The first-order chi connectivity index (χ1) is 11.3. The summed E-state index contributed by atoms with van der Waals surface area (Å²) in [4.78, 5) is 11.7. The Kier molecular flexibility index (Phi) is 3.85. The van der Waals surface area contributed by atoms with E-state index in [0.29, 0.717) is 18.2 Å². The molecule has 0 amide bonds. The van der Waals surface area contributed by atoms with Crippen LogP contribution in [0.4, 0.5) is 5.95 Å². The summed E-state index contributed by atoms with van der Waals surface area (Å²) in [6.07, 6.45) is 0. The van der Waals surface area contributed by atoms with Crippen LogP contribution in [0.25, 0.3) is 22.2 Å². The van der Waals surface area contributed by atoms with E-state index in [1.807, 2.05) is 36.4 Å². The third-order valence-electron chi connectivity index (χ3n) is 3.99. The molecule has 2 aromatic carbocycles. The van der Waals surface area contributed by atoms with Gasteiger partial charge in [-0.2, -0.15) is 0 Å². The van der Waals surface area contributed by atoms with Crippen molar-refractivity contribution < 1.29 is 4.74 Å². The summed E-state index contributed by atoms with van der Waals surface area (Å²) >= 11 is 6.18. The molecule has 4 nitrogen and oxygen atoms in total. The van der Waals surface area contributed by atoms with Crippen molar-refractivity contribution in [3.63, 3.8) is 0 Å². The molecule has 1 aromatic heterocycles. The van der Waals surface area contributed by atoms with Gasteiger partial charge in [-0.1, -0.05) is 41.9 Å². The fourth-order valence-corrected chi connectivity index (χ4v) is 2.98. The quantitative estimate of drug-likeness (QED) is 0.718. The highest BCUT2D eigenvalue weighted by Gasteiger charge is 2.17. The van der Waals surface area contributed by atoms with Crippen LogP contribution in [-0.2, 0) is 4.74 Å². The molecule has 0 aliphatic carbocycles. The Labute approximate surface area is 139 Å². The van der Waals surface area contributed by atoms with Crippen molar-refractivity contribution in [1.29, 1.82) is 0 Å². The lowest BCUT2D eigenvalue weighted by Crippen LogP contribution is -2.37. The molecule has 0 spiro atoms. The minimum atomic E-state index is 0.692. The third-order valence-corrected chi connectivity index (χ3v) is 4.22. The second-order valence-corrected chi connectivity index (χ2v) is 5.94. The Bertz CT molecular complexity index is 832. The smallest absolute Gasteiger partial charge is 0.226 e. The summed E-state index contributed by atoms with van der Waals surface area (Å²) in [5.41, 5.74) is 2.89. The first kappa shape index (κ1) is 14.4. The van der Waals surface area contributed by atoms with Crippen molar-refractivity contribution in [2.24, 2.45) is 0 Å². The normalized spacial score (nSPS) is 15.1. The van der Waals surface area contributed by atoms with E-state index in [1.54, 1.807) is 0 Å². The van der Waals surface area contributed by atoms with Gasteiger partial charge in [0.1, 0.15) is 0 Å². The molecule has 0 radical (unpaired) electrons. The van der Waals surface area contributed by atoms with Crippen LogP contribution in [-0.4, -0.2) is 36.3 Å². The van der Waals surface area contributed by atoms with Crippen LogP contribution in [0.15, 0.2) is 48.5 Å². The van der Waals surface area contributed by atoms with Gasteiger partial charge < -0.3 is 9.64 Å². The molecule has 1 aliphatic heterocycles. The molecule has 0 unspecified atom stereocenters. The van der Waals surface area contributed by atoms with Crippen molar-refractivity contribution in [2.75, 3.05) is 31.2 Å². The molecule has 23 heavy (non-hydrogen) atoms. The van der Waals surface area contributed by atoms with E-state index in [-0.39, 0.29) is 0 Å². The van der Waals surface area contributed by atoms with Crippen LogP contribution in [0.2, 0.25) is 5.02 Å². The summed E-state index contributed by atoms with van der Waals surface area (Å²) in [6, 6.07) is 15.9. The van der Waals surface area contributed by atoms with Gasteiger partial charge in [-0.3, -0.25) is 0 Å². The topological polar surface area (TPSA) is 38.2 Å². The maximum atomic E-state index is 6.18. The zero-order valence-electron chi connectivity index (χ0n) is 12.6. The summed E-state index contributed by atoms with van der Waals surface area (Å²) in [5, 5.41) is 1.66. The Morgan fingerprint density at radius 1 is 0.957 bits per heavy atom. The predicted molar refractivity (Wildman–Crippen MR) is 93.0 cm³/mol. The Hall–Kier alpha value is -2.17. The van der Waals surface area contributed by atoms with Crippen molar-refractivity contribution in [2.45, 2.75) is 0 Å². The van der Waals surface area contributed by atoms with Gasteiger partial charge >= 0.3 is 0 Å². The number of morpholine rings is 1. The molecule has 3 aromatic rings. The van der Waals surface area contributed by atoms with Crippen molar-refractivity contribution in [3.05, 3.63) is 53.6 Å². The van der Waals surface area contributed by atoms with Crippen molar-refractivity contribution in [3.8, 4) is 11.3 Å². The lowest BCUT2D eigenvalue weighted by atomic mass is 10.1. The van der Waals surface area contributed by atoms with Gasteiger partial charge in [0.15, 0.2) is 0 Å². The number of hydrogen-bond donors (Lipinski definition) is 0. The van der Waals surface area contributed by atoms with Gasteiger partial charge in [0.25, 0.3) is 0 Å². The zero-order valence-corrected chi connectivity index (χ0v) is 13.3. The van der Waals surface area contributed by atoms with Crippen LogP contribution in [0.1, 0.15) is 0 Å². The van der Waals surface area contributed by atoms with E-state index in [0.717, 1.165) is 41.2 Å². The van der Waals surface area contributed by atoms with E-state index >= 15 is 0 Å². The molecule has 0 bridgehead atoms. The van der Waals surface area contributed by atoms with Crippen LogP contribution in [0, 0.1) is 0 Å². The lowest BCUT2D eigenvalue weighted by Gasteiger charge is -2.27. The number of halogens is 1. The van der Waals surface area contributed by atoms with E-state index in [2.05, 4.69) is 17.0 Å². The lowest BCUT2D eigenvalue weighted by molar-refractivity contribution is 0.122. The second-order valence-electron chi connectivity index (χ2n) is 5.50. The van der Waals surface area contributed by atoms with Crippen LogP contribution < -0.4 is 4.90 Å². The summed E-state index contributed by atoms with van der Waals surface area (Å²) in [6.45, 7) is 3.05. The highest BCUT2D eigenvalue weighted by molar-refractivity contribution is 6.31. The highest BCUT2D eigenvalue weighted by atomic mass is 35.5. The predicted octanol–water partition coefficient (Wildman–Crippen LogP) is 3.79. The maximum absolute atomic E-state index is 6.18. The Balaban J connectivity index is 1.91. The fraction of sp³-hybridized carbons (Fsp3) is 0.222. The van der Waals surface area contributed by atoms with Gasteiger partial charge in [-0.05, 0) is 18.2 Å². The Morgan fingerprint density at radius 2 is 1.74 bits per heavy atom. The number of nitrogens with zero attached hydrogens (tertiary/aromatic N) is 3. The van der Waals surface area contributed by atoms with Crippen LogP contribution in [0.3, 0.4) is 0 Å². The highest BCUT2D eigenvalue weighted by Crippen LogP contribution is 2.30. The molecule has 1 fully saturated rings. The SMILES string of the molecule is Clc1ccc2nc(N3CCOCC3)nc(-c3ccccc3)c2c1. The van der Waals surface area contributed by atoms with E-state index in [9.17, 15) is 0 Å². The third kappa shape index (κ3) is 2.87. The molecule has 116 valence electrons. The summed E-state index contributed by atoms with van der Waals surface area (Å²) < 4.78 is 5.42. The molecule has 2 heterocycles. The molecule has 0 atom stereocenters. The number of ether oxygens (including phenoxy) is 1. The van der Waals surface area contributed by atoms with E-state index in [4.69, 9.17) is 26.3 Å². The second kappa shape index (κ2) is 6.14. The zero-order chi connectivity index (χ0) is 15.6. The van der Waals surface area contributed by atoms with Crippen LogP contribution in [0.5, 0.6) is 0 Å². The van der Waals surface area contributed by atoms with E-state index in [1.165, 1.54) is 0 Å². The fourth-order valence-electron chi connectivity index (χ4n) is 2.81. The largest absolute Gasteiger partial charge is 0.378 e. The van der Waals surface area contributed by atoms with Crippen molar-refractivity contribution in [1.82, 2.24) is 9.97 Å². The first-order valence-electron chi connectivity index (χ1n) is 7.67. The summed E-state index contributed by atoms with van der Waals surface area (Å²) in [7, 11) is 0. The molecular formula is C18H16ClN3O. The van der Waals surface area contributed by atoms with Gasteiger partial charge in [0.2, 0.25) is 5.95 Å². The number of hydrogen-bond acceptors (Lipinski definition) is 4. The van der Waals surface area contributed by atoms with Gasteiger partial charge in [-0.25, -0.2) is 9.97 Å². The Morgan fingerprint density at radius 3 is 2.52 bits per heavy atom. The molecule has 1 aliphatic rings. The summed E-state index contributed by atoms with van der Waals surface area (Å²) in [5.74, 6) is 0.752. The van der Waals surface area contributed by atoms with Gasteiger partial charge in [-0.15, -0.1) is 0 Å². The van der Waals surface area contributed by atoms with E-state index < -0.39 is 0 Å². The van der Waals surface area contributed by atoms with Gasteiger partial charge in [0, 0.05) is 29.1 Å². The minimum absolute atomic E-state index is 0.692. The number of fused-ring (bicyclic) bond motifs is 1. The number of aromatic nitrogens is 2. The molecule has 4 rings (SSSR count). The minimum Gasteiger partial charge on any atom is -0.378 e. The average Bonchev–Trinajstić information content (AvgIpc) is 2.62. The van der Waals surface area contributed by atoms with Crippen LogP contribution >= 0.6 is 11.6 Å². The molecule has 0 N–H and O–H groups in total. The number of anilines is 1. The average molecular weight is 326 g/mol. The first-order valence-corrected chi connectivity index (χ1v) is 8.04.